The van der Waals surface area contributed by atoms with Crippen LogP contribution in [0, 0.1) is 0 Å². The number of benzene rings is 3. The Morgan fingerprint density at radius 1 is 0.900 bits per heavy atom. The third kappa shape index (κ3) is 4.53. The van der Waals surface area contributed by atoms with Crippen LogP contribution in [-0.2, 0) is 16.4 Å². The molecule has 1 heterocycles. The predicted molar refractivity (Wildman–Crippen MR) is 123 cm³/mol. The van der Waals surface area contributed by atoms with Crippen LogP contribution in [0.25, 0.3) is 21.8 Å². The second kappa shape index (κ2) is 8.30. The van der Waals surface area contributed by atoms with Gasteiger partial charge in [0.25, 0.3) is 0 Å². The molecule has 0 amide bonds. The van der Waals surface area contributed by atoms with E-state index in [0.717, 1.165) is 44.4 Å². The lowest BCUT2D eigenvalue weighted by Gasteiger charge is -2.16. The average molecular weight is 422 g/mol. The van der Waals surface area contributed by atoms with Gasteiger partial charge in [-0.2, -0.15) is 0 Å². The van der Waals surface area contributed by atoms with Gasteiger partial charge in [0.2, 0.25) is 0 Å². The van der Waals surface area contributed by atoms with Crippen molar-refractivity contribution in [3.05, 3.63) is 72.3 Å². The number of fused-ring (bicyclic) bond motifs is 2. The van der Waals surface area contributed by atoms with Gasteiger partial charge in [0.05, 0.1) is 29.1 Å². The standard InChI is InChI=1S/C23H23N3O3S/c1-30(28,29)11-10-24-17-12-16(15-27)13-18(14-17)25-23-19-6-2-4-8-21(19)26-22-9-5-3-7-20(22)23/h2-9,12-14,24,27H,10-11,15H2,1H3,(H,25,26). The second-order valence-electron chi connectivity index (χ2n) is 7.28. The van der Waals surface area contributed by atoms with Crippen molar-refractivity contribution in [1.29, 1.82) is 0 Å². The van der Waals surface area contributed by atoms with Crippen molar-refractivity contribution in [2.75, 3.05) is 29.2 Å². The summed E-state index contributed by atoms with van der Waals surface area (Å²) in [6.07, 6.45) is 1.21. The van der Waals surface area contributed by atoms with Crippen LogP contribution in [0.4, 0.5) is 17.1 Å². The Morgan fingerprint density at radius 2 is 1.50 bits per heavy atom. The van der Waals surface area contributed by atoms with Crippen LogP contribution < -0.4 is 10.6 Å². The van der Waals surface area contributed by atoms with Crippen LogP contribution in [-0.4, -0.2) is 37.1 Å². The Kier molecular flexibility index (Phi) is 5.57. The van der Waals surface area contributed by atoms with Gasteiger partial charge >= 0.3 is 0 Å². The van der Waals surface area contributed by atoms with Crippen molar-refractivity contribution in [1.82, 2.24) is 4.98 Å². The van der Waals surface area contributed by atoms with Crippen molar-refractivity contribution in [2.24, 2.45) is 0 Å². The van der Waals surface area contributed by atoms with Crippen molar-refractivity contribution in [3.8, 4) is 0 Å². The average Bonchev–Trinajstić information content (AvgIpc) is 2.72. The zero-order chi connectivity index (χ0) is 21.1. The van der Waals surface area contributed by atoms with E-state index >= 15 is 0 Å². The van der Waals surface area contributed by atoms with E-state index in [2.05, 4.69) is 10.6 Å². The summed E-state index contributed by atoms with van der Waals surface area (Å²) in [4.78, 5) is 4.75. The van der Waals surface area contributed by atoms with Gasteiger partial charge in [-0.3, -0.25) is 0 Å². The van der Waals surface area contributed by atoms with Gasteiger partial charge in [-0.1, -0.05) is 36.4 Å². The van der Waals surface area contributed by atoms with Gasteiger partial charge in [-0.25, -0.2) is 13.4 Å². The monoisotopic (exact) mass is 421 g/mol. The highest BCUT2D eigenvalue weighted by atomic mass is 32.2. The predicted octanol–water partition coefficient (Wildman–Crippen LogP) is 4.08. The molecular weight excluding hydrogens is 398 g/mol. The number of rotatable bonds is 7. The molecule has 1 aromatic heterocycles. The second-order valence-corrected chi connectivity index (χ2v) is 9.54. The largest absolute Gasteiger partial charge is 0.392 e. The van der Waals surface area contributed by atoms with Crippen LogP contribution in [0.5, 0.6) is 0 Å². The van der Waals surface area contributed by atoms with Gasteiger partial charge < -0.3 is 15.7 Å². The third-order valence-corrected chi connectivity index (χ3v) is 5.78. The van der Waals surface area contributed by atoms with Gasteiger partial charge in [0, 0.05) is 34.9 Å². The first-order valence-corrected chi connectivity index (χ1v) is 11.7. The minimum atomic E-state index is -3.05. The van der Waals surface area contributed by atoms with Gasteiger partial charge in [0.1, 0.15) is 9.84 Å². The Balaban J connectivity index is 1.74. The number of sulfone groups is 1. The van der Waals surface area contributed by atoms with E-state index in [1.807, 2.05) is 66.7 Å². The zero-order valence-electron chi connectivity index (χ0n) is 16.6. The zero-order valence-corrected chi connectivity index (χ0v) is 17.4. The Labute approximate surface area is 175 Å². The number of para-hydroxylation sites is 2. The number of pyridine rings is 1. The van der Waals surface area contributed by atoms with Crippen LogP contribution in [0.2, 0.25) is 0 Å². The fraction of sp³-hybridized carbons (Fsp3) is 0.174. The molecule has 0 spiro atoms. The van der Waals surface area contributed by atoms with Crippen LogP contribution in [0.3, 0.4) is 0 Å². The molecule has 3 N–H and O–H groups in total. The molecule has 0 saturated heterocycles. The van der Waals surface area contributed by atoms with E-state index in [1.165, 1.54) is 6.26 Å². The molecule has 0 aliphatic rings. The first-order valence-electron chi connectivity index (χ1n) is 9.64. The highest BCUT2D eigenvalue weighted by Crippen LogP contribution is 2.34. The molecule has 7 heteroatoms. The molecule has 0 atom stereocenters. The summed E-state index contributed by atoms with van der Waals surface area (Å²) in [6, 6.07) is 21.5. The third-order valence-electron chi connectivity index (χ3n) is 4.83. The fourth-order valence-electron chi connectivity index (χ4n) is 3.46. The number of hydrogen-bond donors (Lipinski definition) is 3. The highest BCUT2D eigenvalue weighted by molar-refractivity contribution is 7.90. The van der Waals surface area contributed by atoms with Crippen molar-refractivity contribution >= 4 is 48.7 Å². The normalized spacial score (nSPS) is 11.7. The summed E-state index contributed by atoms with van der Waals surface area (Å²) in [5.74, 6) is 0.0404. The minimum absolute atomic E-state index is 0.0404. The fourth-order valence-corrected chi connectivity index (χ4v) is 3.93. The number of nitrogens with zero attached hydrogens (tertiary/aromatic N) is 1. The number of hydrogen-bond acceptors (Lipinski definition) is 6. The smallest absolute Gasteiger partial charge is 0.149 e. The summed E-state index contributed by atoms with van der Waals surface area (Å²) in [5.41, 5.74) is 4.99. The van der Waals surface area contributed by atoms with Crippen LogP contribution in [0.1, 0.15) is 5.56 Å². The maximum atomic E-state index is 11.4. The number of anilines is 3. The molecule has 4 aromatic rings. The molecule has 30 heavy (non-hydrogen) atoms. The molecule has 4 rings (SSSR count). The quantitative estimate of drug-likeness (QED) is 0.390. The lowest BCUT2D eigenvalue weighted by atomic mass is 10.1. The van der Waals surface area contributed by atoms with Gasteiger partial charge in [-0.05, 0) is 35.9 Å². The number of aromatic nitrogens is 1. The Hall–Kier alpha value is -3.16. The molecule has 6 nitrogen and oxygen atoms in total. The molecule has 3 aromatic carbocycles. The molecular formula is C23H23N3O3S. The van der Waals surface area contributed by atoms with E-state index < -0.39 is 9.84 Å². The summed E-state index contributed by atoms with van der Waals surface area (Å²) in [5, 5.41) is 18.3. The summed E-state index contributed by atoms with van der Waals surface area (Å²) in [7, 11) is -3.05. The van der Waals surface area contributed by atoms with Crippen LogP contribution >= 0.6 is 0 Å². The summed E-state index contributed by atoms with van der Waals surface area (Å²) < 4.78 is 22.8. The van der Waals surface area contributed by atoms with Crippen molar-refractivity contribution in [2.45, 2.75) is 6.61 Å². The lowest BCUT2D eigenvalue weighted by Crippen LogP contribution is -2.14. The molecule has 0 aliphatic heterocycles. The maximum Gasteiger partial charge on any atom is 0.149 e. The van der Waals surface area contributed by atoms with Crippen molar-refractivity contribution < 1.29 is 13.5 Å². The first-order chi connectivity index (χ1) is 14.4. The molecule has 154 valence electrons. The molecule has 0 radical (unpaired) electrons. The topological polar surface area (TPSA) is 91.3 Å². The Bertz CT molecular complexity index is 1270. The number of aliphatic hydroxyl groups excluding tert-OH is 1. The van der Waals surface area contributed by atoms with Crippen LogP contribution in [0.15, 0.2) is 66.7 Å². The van der Waals surface area contributed by atoms with Gasteiger partial charge in [0.15, 0.2) is 0 Å². The molecule has 0 fully saturated rings. The van der Waals surface area contributed by atoms with E-state index in [4.69, 9.17) is 4.98 Å². The lowest BCUT2D eigenvalue weighted by molar-refractivity contribution is 0.282. The van der Waals surface area contributed by atoms with E-state index in [0.29, 0.717) is 6.54 Å². The van der Waals surface area contributed by atoms with Gasteiger partial charge in [-0.15, -0.1) is 0 Å². The summed E-state index contributed by atoms with van der Waals surface area (Å²) in [6.45, 7) is 0.183. The van der Waals surface area contributed by atoms with E-state index in [1.54, 1.807) is 0 Å². The number of nitrogens with one attached hydrogen (secondary N) is 2. The first kappa shape index (κ1) is 20.1. The molecule has 0 saturated carbocycles. The maximum absolute atomic E-state index is 11.4. The van der Waals surface area contributed by atoms with E-state index in [9.17, 15) is 13.5 Å². The Morgan fingerprint density at radius 3 is 2.10 bits per heavy atom. The van der Waals surface area contributed by atoms with Crippen molar-refractivity contribution in [3.63, 3.8) is 0 Å². The molecule has 0 unspecified atom stereocenters. The van der Waals surface area contributed by atoms with E-state index in [-0.39, 0.29) is 12.4 Å². The highest BCUT2D eigenvalue weighted by Gasteiger charge is 2.10. The number of aliphatic hydroxyl groups is 1. The summed E-state index contributed by atoms with van der Waals surface area (Å²) >= 11 is 0. The minimum Gasteiger partial charge on any atom is -0.392 e. The molecule has 0 bridgehead atoms. The SMILES string of the molecule is CS(=O)(=O)CCNc1cc(CO)cc(Nc2c3ccccc3nc3ccccc23)c1. The molecule has 0 aliphatic carbocycles.